The number of aryl methyl sites for hydroxylation is 1. The number of nitriles is 1. The summed E-state index contributed by atoms with van der Waals surface area (Å²) in [6.45, 7) is 3.58. The maximum Gasteiger partial charge on any atom is 0.262 e. The number of sulfonamides is 1. The molecule has 0 fully saturated rings. The third-order valence-electron chi connectivity index (χ3n) is 3.03. The van der Waals surface area contributed by atoms with Crippen molar-refractivity contribution >= 4 is 32.0 Å². The van der Waals surface area contributed by atoms with E-state index in [4.69, 9.17) is 11.0 Å². The molecule has 1 aromatic carbocycles. The molecule has 0 radical (unpaired) electrons. The number of thiophene rings is 1. The summed E-state index contributed by atoms with van der Waals surface area (Å²) in [7, 11) is -3.87. The van der Waals surface area contributed by atoms with Crippen molar-refractivity contribution in [3.8, 4) is 11.8 Å². The Morgan fingerprint density at radius 1 is 1.38 bits per heavy atom. The Morgan fingerprint density at radius 3 is 2.62 bits per heavy atom. The van der Waals surface area contributed by atoms with E-state index >= 15 is 0 Å². The minimum Gasteiger partial charge on any atom is -0.506 e. The van der Waals surface area contributed by atoms with Crippen molar-refractivity contribution in [1.29, 1.82) is 5.26 Å². The average molecular weight is 323 g/mol. The fraction of sp³-hybridized carbons (Fsp3) is 0.154. The van der Waals surface area contributed by atoms with Gasteiger partial charge in [0.05, 0.1) is 16.1 Å². The van der Waals surface area contributed by atoms with Gasteiger partial charge in [-0.25, -0.2) is 8.42 Å². The van der Waals surface area contributed by atoms with Gasteiger partial charge >= 0.3 is 0 Å². The van der Waals surface area contributed by atoms with Crippen LogP contribution in [0.2, 0.25) is 0 Å². The van der Waals surface area contributed by atoms with Crippen LogP contribution in [0.1, 0.15) is 16.0 Å². The summed E-state index contributed by atoms with van der Waals surface area (Å²) < 4.78 is 27.0. The van der Waals surface area contributed by atoms with Crippen LogP contribution in [0.5, 0.6) is 5.75 Å². The molecule has 0 bridgehead atoms. The van der Waals surface area contributed by atoms with Crippen LogP contribution in [-0.4, -0.2) is 13.5 Å². The first-order chi connectivity index (χ1) is 9.76. The highest BCUT2D eigenvalue weighted by atomic mass is 32.2. The first-order valence-corrected chi connectivity index (χ1v) is 8.17. The zero-order valence-corrected chi connectivity index (χ0v) is 13.0. The highest BCUT2D eigenvalue weighted by Gasteiger charge is 2.20. The second-order valence-electron chi connectivity index (χ2n) is 4.43. The maximum atomic E-state index is 12.3. The molecule has 0 aliphatic carbocycles. The SMILES string of the molecule is Cc1sc(NS(=O)(=O)c2ccc(O)c(N)c2)c(C#N)c1C. The van der Waals surface area contributed by atoms with Crippen LogP contribution in [0.4, 0.5) is 10.7 Å². The number of aromatic hydroxyl groups is 1. The second-order valence-corrected chi connectivity index (χ2v) is 7.33. The molecule has 4 N–H and O–H groups in total. The van der Waals surface area contributed by atoms with Gasteiger partial charge in [-0.1, -0.05) is 0 Å². The van der Waals surface area contributed by atoms with Crippen LogP contribution in [0.25, 0.3) is 0 Å². The summed E-state index contributed by atoms with van der Waals surface area (Å²) in [6, 6.07) is 5.61. The van der Waals surface area contributed by atoms with E-state index in [2.05, 4.69) is 4.72 Å². The summed E-state index contributed by atoms with van der Waals surface area (Å²) in [6.07, 6.45) is 0. The topological polar surface area (TPSA) is 116 Å². The maximum absolute atomic E-state index is 12.3. The summed E-state index contributed by atoms with van der Waals surface area (Å²) in [5.41, 5.74) is 6.54. The molecular weight excluding hydrogens is 310 g/mol. The monoisotopic (exact) mass is 323 g/mol. The van der Waals surface area contributed by atoms with Crippen molar-refractivity contribution in [3.63, 3.8) is 0 Å². The molecule has 0 saturated heterocycles. The van der Waals surface area contributed by atoms with Gasteiger partial charge in [0.25, 0.3) is 10.0 Å². The van der Waals surface area contributed by atoms with E-state index in [9.17, 15) is 13.5 Å². The van der Waals surface area contributed by atoms with Crippen molar-refractivity contribution in [2.75, 3.05) is 10.5 Å². The van der Waals surface area contributed by atoms with E-state index in [0.717, 1.165) is 16.5 Å². The van der Waals surface area contributed by atoms with Crippen LogP contribution < -0.4 is 10.5 Å². The van der Waals surface area contributed by atoms with E-state index in [1.807, 2.05) is 13.0 Å². The number of hydrogen-bond acceptors (Lipinski definition) is 6. The van der Waals surface area contributed by atoms with Gasteiger partial charge in [0.2, 0.25) is 0 Å². The molecule has 0 spiro atoms. The number of hydrogen-bond donors (Lipinski definition) is 3. The summed E-state index contributed by atoms with van der Waals surface area (Å²) in [5.74, 6) is -0.186. The predicted octanol–water partition coefficient (Wildman–Crippen LogP) is 2.33. The van der Waals surface area contributed by atoms with Crippen molar-refractivity contribution in [1.82, 2.24) is 0 Å². The first kappa shape index (κ1) is 15.2. The van der Waals surface area contributed by atoms with Crippen molar-refractivity contribution in [3.05, 3.63) is 34.2 Å². The van der Waals surface area contributed by atoms with Gasteiger partial charge in [-0.3, -0.25) is 4.72 Å². The van der Waals surface area contributed by atoms with Crippen molar-refractivity contribution < 1.29 is 13.5 Å². The van der Waals surface area contributed by atoms with E-state index in [-0.39, 0.29) is 21.3 Å². The van der Waals surface area contributed by atoms with E-state index in [1.54, 1.807) is 6.92 Å². The quantitative estimate of drug-likeness (QED) is 0.592. The number of nitrogens with zero attached hydrogens (tertiary/aromatic N) is 1. The molecule has 0 saturated carbocycles. The van der Waals surface area contributed by atoms with Crippen LogP contribution >= 0.6 is 11.3 Å². The van der Waals surface area contributed by atoms with Gasteiger partial charge in [0, 0.05) is 4.88 Å². The predicted molar refractivity (Wildman–Crippen MR) is 81.8 cm³/mol. The van der Waals surface area contributed by atoms with E-state index in [0.29, 0.717) is 5.56 Å². The van der Waals surface area contributed by atoms with Gasteiger partial charge in [-0.05, 0) is 37.6 Å². The number of benzene rings is 1. The lowest BCUT2D eigenvalue weighted by Gasteiger charge is -2.08. The fourth-order valence-electron chi connectivity index (χ4n) is 1.71. The molecular formula is C13H13N3O3S2. The number of anilines is 2. The Morgan fingerprint density at radius 2 is 2.05 bits per heavy atom. The number of nitrogens with two attached hydrogens (primary N) is 1. The lowest BCUT2D eigenvalue weighted by atomic mass is 10.2. The molecule has 1 aromatic heterocycles. The standard InChI is InChI=1S/C13H13N3O3S2/c1-7-8(2)20-13(10(7)6-14)16-21(18,19)9-3-4-12(17)11(15)5-9/h3-5,16-17H,15H2,1-2H3. The largest absolute Gasteiger partial charge is 0.506 e. The highest BCUT2D eigenvalue weighted by molar-refractivity contribution is 7.93. The fourth-order valence-corrected chi connectivity index (χ4v) is 4.07. The normalized spacial score (nSPS) is 11.1. The van der Waals surface area contributed by atoms with E-state index in [1.165, 1.54) is 23.5 Å². The third-order valence-corrected chi connectivity index (χ3v) is 5.63. The van der Waals surface area contributed by atoms with Gasteiger partial charge < -0.3 is 10.8 Å². The number of phenolic OH excluding ortho intramolecular Hbond substituents is 1. The van der Waals surface area contributed by atoms with Gasteiger partial charge in [0.15, 0.2) is 0 Å². The van der Waals surface area contributed by atoms with Crippen molar-refractivity contribution in [2.24, 2.45) is 0 Å². The zero-order chi connectivity index (χ0) is 15.8. The molecule has 8 heteroatoms. The Labute approximate surface area is 126 Å². The van der Waals surface area contributed by atoms with Crippen molar-refractivity contribution in [2.45, 2.75) is 18.7 Å². The lowest BCUT2D eigenvalue weighted by molar-refractivity contribution is 0.477. The minimum absolute atomic E-state index is 0.0306. The minimum atomic E-state index is -3.87. The molecule has 21 heavy (non-hydrogen) atoms. The van der Waals surface area contributed by atoms with Gasteiger partial charge in [-0.2, -0.15) is 5.26 Å². The number of phenols is 1. The molecule has 6 nitrogen and oxygen atoms in total. The molecule has 0 aliphatic rings. The number of nitrogen functional groups attached to an aromatic ring is 1. The zero-order valence-electron chi connectivity index (χ0n) is 11.3. The molecule has 1 heterocycles. The molecule has 0 atom stereocenters. The highest BCUT2D eigenvalue weighted by Crippen LogP contribution is 2.33. The summed E-state index contributed by atoms with van der Waals surface area (Å²) in [5, 5.41) is 18.7. The average Bonchev–Trinajstić information content (AvgIpc) is 2.66. The molecule has 2 rings (SSSR count). The Balaban J connectivity index is 2.45. The Kier molecular flexibility index (Phi) is 3.80. The van der Waals surface area contributed by atoms with E-state index < -0.39 is 10.0 Å². The lowest BCUT2D eigenvalue weighted by Crippen LogP contribution is -2.13. The number of nitrogens with one attached hydrogen (secondary N) is 1. The Hall–Kier alpha value is -2.24. The molecule has 0 unspecified atom stereocenters. The third kappa shape index (κ3) is 2.79. The molecule has 0 aliphatic heterocycles. The molecule has 0 amide bonds. The Bertz CT molecular complexity index is 848. The van der Waals surface area contributed by atoms with Crippen LogP contribution in [-0.2, 0) is 10.0 Å². The van der Waals surface area contributed by atoms with Gasteiger partial charge in [-0.15, -0.1) is 11.3 Å². The van der Waals surface area contributed by atoms with Gasteiger partial charge in [0.1, 0.15) is 16.8 Å². The summed E-state index contributed by atoms with van der Waals surface area (Å²) in [4.78, 5) is 0.792. The van der Waals surface area contributed by atoms with Crippen LogP contribution in [0, 0.1) is 25.2 Å². The number of rotatable bonds is 3. The smallest absolute Gasteiger partial charge is 0.262 e. The van der Waals surface area contributed by atoms with Crippen LogP contribution in [0.15, 0.2) is 23.1 Å². The summed E-state index contributed by atoms with van der Waals surface area (Å²) >= 11 is 1.20. The first-order valence-electron chi connectivity index (χ1n) is 5.87. The van der Waals surface area contributed by atoms with Crippen LogP contribution in [0.3, 0.4) is 0 Å². The molecule has 110 valence electrons. The molecule has 2 aromatic rings. The second kappa shape index (κ2) is 5.27.